The summed E-state index contributed by atoms with van der Waals surface area (Å²) in [5.74, 6) is 0. The summed E-state index contributed by atoms with van der Waals surface area (Å²) in [5, 5.41) is 0. The minimum absolute atomic E-state index is 0.214. The van der Waals surface area contributed by atoms with E-state index < -0.39 is 10.0 Å². The third-order valence-corrected chi connectivity index (χ3v) is 4.85. The van der Waals surface area contributed by atoms with Crippen molar-refractivity contribution < 1.29 is 8.42 Å². The maximum Gasteiger partial charge on any atom is 0.261 e. The average molecular weight is 355 g/mol. The van der Waals surface area contributed by atoms with Gasteiger partial charge in [0, 0.05) is 16.7 Å². The number of aryl methyl sites for hydroxylation is 1. The van der Waals surface area contributed by atoms with Crippen LogP contribution >= 0.6 is 15.9 Å². The van der Waals surface area contributed by atoms with Crippen molar-refractivity contribution >= 4 is 31.6 Å². The molecule has 0 saturated heterocycles. The Balaban J connectivity index is 2.33. The van der Waals surface area contributed by atoms with Gasteiger partial charge in [-0.05, 0) is 54.4 Å². The summed E-state index contributed by atoms with van der Waals surface area (Å²) in [6.07, 6.45) is 0. The Hall–Kier alpha value is -1.37. The molecule has 2 rings (SSSR count). The summed E-state index contributed by atoms with van der Waals surface area (Å²) in [7, 11) is -3.60. The summed E-state index contributed by atoms with van der Waals surface area (Å²) in [6.45, 7) is 2.22. The molecule has 106 valence electrons. The highest BCUT2D eigenvalue weighted by atomic mass is 79.9. The monoisotopic (exact) mass is 354 g/mol. The Morgan fingerprint density at radius 1 is 1.15 bits per heavy atom. The Bertz CT molecular complexity index is 712. The minimum atomic E-state index is -3.60. The van der Waals surface area contributed by atoms with E-state index in [1.165, 1.54) is 0 Å². The van der Waals surface area contributed by atoms with Gasteiger partial charge < -0.3 is 5.73 Å². The summed E-state index contributed by atoms with van der Waals surface area (Å²) in [6, 6.07) is 11.9. The molecule has 0 spiro atoms. The highest BCUT2D eigenvalue weighted by Crippen LogP contribution is 2.20. The van der Waals surface area contributed by atoms with Crippen molar-refractivity contribution in [3.8, 4) is 0 Å². The lowest BCUT2D eigenvalue weighted by Crippen LogP contribution is -2.14. The maximum atomic E-state index is 12.3. The lowest BCUT2D eigenvalue weighted by molar-refractivity contribution is 0.601. The van der Waals surface area contributed by atoms with Crippen LogP contribution in [0.2, 0.25) is 0 Å². The van der Waals surface area contributed by atoms with Gasteiger partial charge in [0.1, 0.15) is 0 Å². The van der Waals surface area contributed by atoms with E-state index in [0.717, 1.165) is 15.6 Å². The molecular formula is C14H15BrN2O2S. The Labute approximate surface area is 127 Å². The second kappa shape index (κ2) is 5.95. The predicted molar refractivity (Wildman–Crippen MR) is 84.0 cm³/mol. The van der Waals surface area contributed by atoms with Crippen molar-refractivity contribution in [1.29, 1.82) is 0 Å². The first-order valence-corrected chi connectivity index (χ1v) is 8.28. The summed E-state index contributed by atoms with van der Waals surface area (Å²) in [4.78, 5) is 0.214. The van der Waals surface area contributed by atoms with Crippen molar-refractivity contribution in [2.24, 2.45) is 5.73 Å². The van der Waals surface area contributed by atoms with E-state index in [-0.39, 0.29) is 4.90 Å². The second-order valence-corrected chi connectivity index (χ2v) is 7.00. The number of rotatable bonds is 4. The van der Waals surface area contributed by atoms with Gasteiger partial charge in [-0.3, -0.25) is 4.72 Å². The standard InChI is InChI=1S/C14H15BrN2O2S/c1-10-2-7-14(8-11(10)9-16)20(18,19)17-13-5-3-12(15)4-6-13/h2-8,17H,9,16H2,1H3. The van der Waals surface area contributed by atoms with E-state index in [0.29, 0.717) is 12.2 Å². The van der Waals surface area contributed by atoms with Gasteiger partial charge in [-0.2, -0.15) is 0 Å². The van der Waals surface area contributed by atoms with Crippen molar-refractivity contribution in [2.45, 2.75) is 18.4 Å². The molecule has 0 heterocycles. The average Bonchev–Trinajstić information content (AvgIpc) is 2.41. The molecule has 20 heavy (non-hydrogen) atoms. The van der Waals surface area contributed by atoms with Crippen molar-refractivity contribution in [3.05, 3.63) is 58.1 Å². The molecule has 2 aromatic carbocycles. The first kappa shape index (κ1) is 15.0. The zero-order chi connectivity index (χ0) is 14.8. The van der Waals surface area contributed by atoms with E-state index in [2.05, 4.69) is 20.7 Å². The van der Waals surface area contributed by atoms with Crippen LogP contribution in [0, 0.1) is 6.92 Å². The van der Waals surface area contributed by atoms with E-state index >= 15 is 0 Å². The number of hydrogen-bond donors (Lipinski definition) is 2. The maximum absolute atomic E-state index is 12.3. The quantitative estimate of drug-likeness (QED) is 0.886. The zero-order valence-corrected chi connectivity index (χ0v) is 13.3. The largest absolute Gasteiger partial charge is 0.326 e. The number of halogens is 1. The molecule has 0 aliphatic heterocycles. The molecule has 0 aromatic heterocycles. The smallest absolute Gasteiger partial charge is 0.261 e. The van der Waals surface area contributed by atoms with E-state index in [1.807, 2.05) is 6.92 Å². The number of nitrogens with two attached hydrogens (primary N) is 1. The van der Waals surface area contributed by atoms with Gasteiger partial charge in [0.15, 0.2) is 0 Å². The third-order valence-electron chi connectivity index (χ3n) is 2.95. The molecule has 0 saturated carbocycles. The molecule has 0 amide bonds. The number of benzene rings is 2. The van der Waals surface area contributed by atoms with E-state index in [1.54, 1.807) is 42.5 Å². The van der Waals surface area contributed by atoms with Crippen LogP contribution in [-0.2, 0) is 16.6 Å². The topological polar surface area (TPSA) is 72.2 Å². The first-order valence-electron chi connectivity index (χ1n) is 6.00. The molecule has 0 fully saturated rings. The summed E-state index contributed by atoms with van der Waals surface area (Å²) < 4.78 is 28.0. The lowest BCUT2D eigenvalue weighted by atomic mass is 10.1. The molecular weight excluding hydrogens is 340 g/mol. The SMILES string of the molecule is Cc1ccc(S(=O)(=O)Nc2ccc(Br)cc2)cc1CN. The van der Waals surface area contributed by atoms with Crippen LogP contribution in [-0.4, -0.2) is 8.42 Å². The van der Waals surface area contributed by atoms with E-state index in [4.69, 9.17) is 5.73 Å². The lowest BCUT2D eigenvalue weighted by Gasteiger charge is -2.10. The van der Waals surface area contributed by atoms with Crippen LogP contribution in [0.25, 0.3) is 0 Å². The fourth-order valence-corrected chi connectivity index (χ4v) is 3.14. The Kier molecular flexibility index (Phi) is 4.47. The molecule has 2 aromatic rings. The van der Waals surface area contributed by atoms with Crippen molar-refractivity contribution in [1.82, 2.24) is 0 Å². The van der Waals surface area contributed by atoms with Crippen LogP contribution in [0.4, 0.5) is 5.69 Å². The molecule has 0 aliphatic rings. The zero-order valence-electron chi connectivity index (χ0n) is 10.9. The summed E-state index contributed by atoms with van der Waals surface area (Å²) >= 11 is 3.31. The highest BCUT2D eigenvalue weighted by molar-refractivity contribution is 9.10. The molecule has 3 N–H and O–H groups in total. The van der Waals surface area contributed by atoms with Gasteiger partial charge in [0.05, 0.1) is 4.90 Å². The van der Waals surface area contributed by atoms with Gasteiger partial charge in [-0.1, -0.05) is 22.0 Å². The molecule has 0 unspecified atom stereocenters. The number of anilines is 1. The molecule has 0 radical (unpaired) electrons. The van der Waals surface area contributed by atoms with Crippen LogP contribution in [0.15, 0.2) is 51.8 Å². The normalized spacial score (nSPS) is 11.3. The molecule has 4 nitrogen and oxygen atoms in total. The first-order chi connectivity index (χ1) is 9.42. The van der Waals surface area contributed by atoms with Gasteiger partial charge >= 0.3 is 0 Å². The predicted octanol–water partition coefficient (Wildman–Crippen LogP) is 3.02. The number of nitrogens with one attached hydrogen (secondary N) is 1. The molecule has 0 bridgehead atoms. The van der Waals surface area contributed by atoms with Crippen molar-refractivity contribution in [3.63, 3.8) is 0 Å². The molecule has 0 aliphatic carbocycles. The number of sulfonamides is 1. The Morgan fingerprint density at radius 2 is 1.80 bits per heavy atom. The van der Waals surface area contributed by atoms with Crippen molar-refractivity contribution in [2.75, 3.05) is 4.72 Å². The fraction of sp³-hybridized carbons (Fsp3) is 0.143. The highest BCUT2D eigenvalue weighted by Gasteiger charge is 2.15. The van der Waals surface area contributed by atoms with Crippen LogP contribution in [0.5, 0.6) is 0 Å². The van der Waals surface area contributed by atoms with Gasteiger partial charge in [-0.15, -0.1) is 0 Å². The van der Waals surface area contributed by atoms with Crippen LogP contribution in [0.3, 0.4) is 0 Å². The fourth-order valence-electron chi connectivity index (χ4n) is 1.77. The van der Waals surface area contributed by atoms with Gasteiger partial charge in [0.2, 0.25) is 0 Å². The summed E-state index contributed by atoms with van der Waals surface area (Å²) in [5.41, 5.74) is 7.93. The molecule has 0 atom stereocenters. The van der Waals surface area contributed by atoms with Crippen LogP contribution < -0.4 is 10.5 Å². The van der Waals surface area contributed by atoms with Gasteiger partial charge in [-0.25, -0.2) is 8.42 Å². The van der Waals surface area contributed by atoms with Gasteiger partial charge in [0.25, 0.3) is 10.0 Å². The third kappa shape index (κ3) is 3.39. The minimum Gasteiger partial charge on any atom is -0.326 e. The second-order valence-electron chi connectivity index (χ2n) is 4.40. The van der Waals surface area contributed by atoms with E-state index in [9.17, 15) is 8.42 Å². The molecule has 6 heteroatoms. The Morgan fingerprint density at radius 3 is 2.40 bits per heavy atom. The number of hydrogen-bond acceptors (Lipinski definition) is 3. The van der Waals surface area contributed by atoms with Crippen LogP contribution in [0.1, 0.15) is 11.1 Å².